The summed E-state index contributed by atoms with van der Waals surface area (Å²) in [5.41, 5.74) is 8.54. The first-order chi connectivity index (χ1) is 22.4. The molecule has 0 atom stereocenters. The second-order valence-corrected chi connectivity index (χ2v) is 18.6. The summed E-state index contributed by atoms with van der Waals surface area (Å²) in [6.45, 7) is 15.4. The van der Waals surface area contributed by atoms with Crippen molar-refractivity contribution >= 4 is 35.2 Å². The number of furan rings is 1. The summed E-state index contributed by atoms with van der Waals surface area (Å²) in [6.07, 6.45) is 3.47. The Bertz CT molecular complexity index is 2170. The van der Waals surface area contributed by atoms with E-state index in [1.807, 2.05) is 49.5 Å². The second kappa shape index (κ2) is 14.1. The molecule has 245 valence electrons. The minimum Gasteiger partial charge on any atom is -0.499 e. The Labute approximate surface area is 296 Å². The molecule has 0 bridgehead atoms. The van der Waals surface area contributed by atoms with Crippen LogP contribution in [0.15, 0.2) is 108 Å². The van der Waals surface area contributed by atoms with Crippen LogP contribution in [0.5, 0.6) is 0 Å². The van der Waals surface area contributed by atoms with E-state index >= 15 is 0 Å². The van der Waals surface area contributed by atoms with Gasteiger partial charge in [-0.25, -0.2) is 4.39 Å². The summed E-state index contributed by atoms with van der Waals surface area (Å²) in [6, 6.07) is 35.9. The predicted molar refractivity (Wildman–Crippen MR) is 193 cm³/mol. The standard InChI is InChI=1S/C26H20FN2O.C15H18NSi.Ir/c1-16-24-21(15-23(29-16)26(2,3)17-8-5-4-6-9-17)19-10-7-11-20(25(19)30-24)22-14-18(27)12-13-28-22;1-12-5-7-13(8-6-12)15-10-9-14(11-16-15)17(2,3)4;/h4-10,12-15H,1-3H3;5-7,9-11H,1-4H3;/q2*-1;. The summed E-state index contributed by atoms with van der Waals surface area (Å²) in [4.78, 5) is 13.7. The van der Waals surface area contributed by atoms with Crippen LogP contribution >= 0.6 is 0 Å². The van der Waals surface area contributed by atoms with Crippen molar-refractivity contribution in [1.29, 1.82) is 0 Å². The van der Waals surface area contributed by atoms with E-state index in [-0.39, 0.29) is 31.3 Å². The molecule has 48 heavy (non-hydrogen) atoms. The van der Waals surface area contributed by atoms with Crippen molar-refractivity contribution in [2.75, 3.05) is 0 Å². The topological polar surface area (TPSA) is 51.8 Å². The van der Waals surface area contributed by atoms with E-state index in [2.05, 4.69) is 105 Å². The molecular weight excluding hydrogens is 790 g/mol. The van der Waals surface area contributed by atoms with Crippen LogP contribution in [0.4, 0.5) is 4.39 Å². The molecule has 0 N–H and O–H groups in total. The second-order valence-electron chi connectivity index (χ2n) is 13.5. The zero-order chi connectivity index (χ0) is 33.3. The van der Waals surface area contributed by atoms with Crippen molar-refractivity contribution < 1.29 is 28.9 Å². The molecule has 7 aromatic rings. The smallest absolute Gasteiger partial charge is 0.142 e. The molecule has 0 aliphatic heterocycles. The summed E-state index contributed by atoms with van der Waals surface area (Å²) in [5.74, 6) is -0.341. The van der Waals surface area contributed by atoms with Crippen LogP contribution in [-0.2, 0) is 25.5 Å². The first-order valence-electron chi connectivity index (χ1n) is 15.8. The maximum Gasteiger partial charge on any atom is 0.142 e. The molecule has 0 unspecified atom stereocenters. The van der Waals surface area contributed by atoms with Gasteiger partial charge in [0, 0.05) is 43.3 Å². The van der Waals surface area contributed by atoms with Crippen molar-refractivity contribution in [3.05, 3.63) is 144 Å². The number of nitrogens with zero attached hydrogens (tertiary/aromatic N) is 3. The molecular formula is C41H38FIrN3OSi-2. The molecule has 1 radical (unpaired) electrons. The molecule has 3 aromatic carbocycles. The maximum absolute atomic E-state index is 13.8. The molecule has 0 amide bonds. The van der Waals surface area contributed by atoms with Gasteiger partial charge in [-0.3, -0.25) is 4.98 Å². The van der Waals surface area contributed by atoms with Crippen LogP contribution in [0, 0.1) is 31.8 Å². The van der Waals surface area contributed by atoms with Crippen molar-refractivity contribution in [3.63, 3.8) is 0 Å². The molecule has 0 saturated carbocycles. The number of hydrogen-bond acceptors (Lipinski definition) is 4. The van der Waals surface area contributed by atoms with E-state index in [1.165, 1.54) is 34.6 Å². The van der Waals surface area contributed by atoms with Crippen molar-refractivity contribution in [1.82, 2.24) is 15.0 Å². The summed E-state index contributed by atoms with van der Waals surface area (Å²) < 4.78 is 20.0. The molecule has 0 saturated heterocycles. The average Bonchev–Trinajstić information content (AvgIpc) is 3.45. The van der Waals surface area contributed by atoms with Gasteiger partial charge in [0.2, 0.25) is 0 Å². The van der Waals surface area contributed by atoms with Crippen molar-refractivity contribution in [3.8, 4) is 22.5 Å². The zero-order valence-corrected chi connectivity index (χ0v) is 31.7. The monoisotopic (exact) mass is 828 g/mol. The van der Waals surface area contributed by atoms with Gasteiger partial charge in [-0.2, -0.15) is 0 Å². The third-order valence-electron chi connectivity index (χ3n) is 8.57. The Morgan fingerprint density at radius 2 is 1.56 bits per heavy atom. The van der Waals surface area contributed by atoms with Crippen LogP contribution < -0.4 is 5.19 Å². The minimum atomic E-state index is -1.24. The van der Waals surface area contributed by atoms with E-state index in [0.29, 0.717) is 16.8 Å². The van der Waals surface area contributed by atoms with Gasteiger partial charge in [-0.05, 0) is 47.3 Å². The zero-order valence-electron chi connectivity index (χ0n) is 28.3. The predicted octanol–water partition coefficient (Wildman–Crippen LogP) is 10.0. The van der Waals surface area contributed by atoms with Crippen LogP contribution in [0.25, 0.3) is 44.5 Å². The molecule has 4 heterocycles. The van der Waals surface area contributed by atoms with Crippen LogP contribution in [0.1, 0.15) is 36.4 Å². The Hall–Kier alpha value is -4.29. The number of fused-ring (bicyclic) bond motifs is 3. The Morgan fingerprint density at radius 1 is 0.792 bits per heavy atom. The molecule has 7 rings (SSSR count). The summed E-state index contributed by atoms with van der Waals surface area (Å²) in [7, 11) is -1.24. The van der Waals surface area contributed by atoms with Gasteiger partial charge in [0.25, 0.3) is 0 Å². The molecule has 0 fully saturated rings. The Kier molecular flexibility index (Phi) is 10.3. The number of aromatic nitrogens is 3. The fourth-order valence-corrected chi connectivity index (χ4v) is 6.64. The normalized spacial score (nSPS) is 11.6. The summed E-state index contributed by atoms with van der Waals surface area (Å²) in [5, 5.41) is 3.33. The third-order valence-corrected chi connectivity index (χ3v) is 10.6. The SMILES string of the molecule is Cc1c[c-]c(-c2ccc([Si](C)(C)C)cn2)cc1.Cc1nc(C(C)(C)c2ccccc2)cc2c1oc1c(-c3cc(F)ccn3)[c-]ccc12.[Ir]. The fourth-order valence-electron chi connectivity index (χ4n) is 5.61. The van der Waals surface area contributed by atoms with E-state index in [9.17, 15) is 4.39 Å². The molecule has 4 aromatic heterocycles. The van der Waals surface area contributed by atoms with Gasteiger partial charge < -0.3 is 14.4 Å². The molecule has 0 aliphatic rings. The van der Waals surface area contributed by atoms with E-state index < -0.39 is 8.07 Å². The number of benzene rings is 3. The first kappa shape index (κ1) is 35.0. The fraction of sp³-hybridized carbons (Fsp3) is 0.195. The van der Waals surface area contributed by atoms with Crippen LogP contribution in [0.2, 0.25) is 19.6 Å². The van der Waals surface area contributed by atoms with Gasteiger partial charge in [-0.15, -0.1) is 53.6 Å². The van der Waals surface area contributed by atoms with E-state index in [0.717, 1.165) is 39.0 Å². The van der Waals surface area contributed by atoms with Crippen molar-refractivity contribution in [2.24, 2.45) is 0 Å². The quantitative estimate of drug-likeness (QED) is 0.128. The van der Waals surface area contributed by atoms with Crippen LogP contribution in [-0.4, -0.2) is 23.0 Å². The number of pyridine rings is 3. The molecule has 0 spiro atoms. The van der Waals surface area contributed by atoms with E-state index in [4.69, 9.17) is 9.40 Å². The summed E-state index contributed by atoms with van der Waals surface area (Å²) >= 11 is 0. The number of rotatable bonds is 5. The largest absolute Gasteiger partial charge is 0.499 e. The van der Waals surface area contributed by atoms with Gasteiger partial charge in [0.05, 0.1) is 25.0 Å². The first-order valence-corrected chi connectivity index (χ1v) is 19.3. The Morgan fingerprint density at radius 3 is 2.21 bits per heavy atom. The van der Waals surface area contributed by atoms with Gasteiger partial charge in [0.1, 0.15) is 11.4 Å². The molecule has 4 nitrogen and oxygen atoms in total. The molecule has 0 aliphatic carbocycles. The van der Waals surface area contributed by atoms with Gasteiger partial charge in [0.15, 0.2) is 0 Å². The number of halogens is 1. The number of aryl methyl sites for hydroxylation is 2. The van der Waals surface area contributed by atoms with Crippen molar-refractivity contribution in [2.45, 2.75) is 52.8 Å². The third kappa shape index (κ3) is 7.24. The molecule has 7 heteroatoms. The van der Waals surface area contributed by atoms with Gasteiger partial charge >= 0.3 is 0 Å². The van der Waals surface area contributed by atoms with Gasteiger partial charge in [-0.1, -0.05) is 93.8 Å². The van der Waals surface area contributed by atoms with Crippen LogP contribution in [0.3, 0.4) is 0 Å². The maximum atomic E-state index is 13.8. The Balaban J connectivity index is 0.000000214. The minimum absolute atomic E-state index is 0. The average molecular weight is 828 g/mol. The number of hydrogen-bond donors (Lipinski definition) is 0. The van der Waals surface area contributed by atoms with E-state index in [1.54, 1.807) is 0 Å².